The maximum atomic E-state index is 11.6. The molecule has 0 saturated carbocycles. The molecule has 0 aliphatic rings. The van der Waals surface area contributed by atoms with Gasteiger partial charge in [-0.3, -0.25) is 9.48 Å². The van der Waals surface area contributed by atoms with Crippen molar-refractivity contribution in [1.29, 1.82) is 0 Å². The number of aromatic nitrogens is 2. The molecule has 21 heavy (non-hydrogen) atoms. The number of carboxylic acids is 1. The number of carbonyl (C=O) groups excluding carboxylic acids is 2. The molecule has 1 heterocycles. The van der Waals surface area contributed by atoms with E-state index in [1.807, 2.05) is 13.1 Å². The molecule has 0 radical (unpaired) electrons. The summed E-state index contributed by atoms with van der Waals surface area (Å²) in [5.41, 5.74) is 5.96. The Kier molecular flexibility index (Phi) is 6.18. The highest BCUT2D eigenvalue weighted by atomic mass is 16.4. The van der Waals surface area contributed by atoms with Crippen molar-refractivity contribution in [3.63, 3.8) is 0 Å². The molecule has 1 atom stereocenters. The third-order valence-electron chi connectivity index (χ3n) is 2.67. The van der Waals surface area contributed by atoms with Crippen molar-refractivity contribution in [1.82, 2.24) is 20.4 Å². The number of carbonyl (C=O) groups is 3. The molecule has 0 saturated heterocycles. The van der Waals surface area contributed by atoms with Gasteiger partial charge in [0.1, 0.15) is 6.04 Å². The van der Waals surface area contributed by atoms with Crippen LogP contribution in [0.2, 0.25) is 0 Å². The molecule has 1 aromatic heterocycles. The minimum Gasteiger partial charge on any atom is -0.480 e. The number of rotatable bonds is 8. The number of primary amides is 1. The van der Waals surface area contributed by atoms with Crippen molar-refractivity contribution in [2.75, 3.05) is 6.54 Å². The van der Waals surface area contributed by atoms with Crippen molar-refractivity contribution >= 4 is 17.9 Å². The van der Waals surface area contributed by atoms with Crippen molar-refractivity contribution in [3.05, 3.63) is 18.0 Å². The quantitative estimate of drug-likeness (QED) is 0.498. The molecule has 9 nitrogen and oxygen atoms in total. The van der Waals surface area contributed by atoms with E-state index in [0.29, 0.717) is 13.1 Å². The minimum atomic E-state index is -1.21. The number of urea groups is 1. The van der Waals surface area contributed by atoms with E-state index in [9.17, 15) is 14.4 Å². The van der Waals surface area contributed by atoms with Gasteiger partial charge in [-0.15, -0.1) is 0 Å². The van der Waals surface area contributed by atoms with Crippen molar-refractivity contribution in [2.24, 2.45) is 5.73 Å². The Labute approximate surface area is 121 Å². The van der Waals surface area contributed by atoms with Crippen LogP contribution in [0.1, 0.15) is 18.4 Å². The molecule has 0 spiro atoms. The highest BCUT2D eigenvalue weighted by molar-refractivity contribution is 5.83. The molecule has 1 rings (SSSR count). The molecular formula is C12H19N5O4. The van der Waals surface area contributed by atoms with Gasteiger partial charge in [0.2, 0.25) is 5.91 Å². The molecule has 0 aromatic carbocycles. The Balaban J connectivity index is 2.32. The van der Waals surface area contributed by atoms with Gasteiger partial charge in [-0.1, -0.05) is 0 Å². The van der Waals surface area contributed by atoms with Gasteiger partial charge in [0.05, 0.1) is 12.7 Å². The maximum absolute atomic E-state index is 11.6. The predicted octanol–water partition coefficient (Wildman–Crippen LogP) is -0.791. The molecule has 0 unspecified atom stereocenters. The minimum absolute atomic E-state index is 0.0452. The number of amides is 3. The van der Waals surface area contributed by atoms with Crippen LogP contribution in [0.5, 0.6) is 0 Å². The zero-order valence-electron chi connectivity index (χ0n) is 11.7. The van der Waals surface area contributed by atoms with Gasteiger partial charge in [0.25, 0.3) is 0 Å². The Hall–Kier alpha value is -2.58. The van der Waals surface area contributed by atoms with E-state index in [1.54, 1.807) is 10.9 Å². The third kappa shape index (κ3) is 6.41. The van der Waals surface area contributed by atoms with Crippen LogP contribution in [-0.2, 0) is 16.1 Å². The van der Waals surface area contributed by atoms with Gasteiger partial charge in [-0.05, 0) is 18.9 Å². The Morgan fingerprint density at radius 1 is 1.48 bits per heavy atom. The summed E-state index contributed by atoms with van der Waals surface area (Å²) in [7, 11) is 0. The monoisotopic (exact) mass is 297 g/mol. The highest BCUT2D eigenvalue weighted by Gasteiger charge is 2.20. The fourth-order valence-corrected chi connectivity index (χ4v) is 1.63. The van der Waals surface area contributed by atoms with Crippen LogP contribution in [0.15, 0.2) is 12.4 Å². The largest absolute Gasteiger partial charge is 0.480 e. The fourth-order valence-electron chi connectivity index (χ4n) is 1.63. The number of aryl methyl sites for hydroxylation is 1. The molecule has 0 bridgehead atoms. The standard InChI is InChI=1S/C12H19N5O4/c1-8-6-15-17(7-8)5-4-14-12(21)16-9(11(19)20)2-3-10(13)18/h6-7,9H,2-5H2,1H3,(H2,13,18)(H,19,20)(H2,14,16,21)/t9-/m1/s1. The first kappa shape index (κ1) is 16.5. The Morgan fingerprint density at radius 2 is 2.19 bits per heavy atom. The summed E-state index contributed by atoms with van der Waals surface area (Å²) in [6, 6.07) is -1.76. The summed E-state index contributed by atoms with van der Waals surface area (Å²) in [5.74, 6) is -1.83. The number of nitrogens with zero attached hydrogens (tertiary/aromatic N) is 2. The fraction of sp³-hybridized carbons (Fsp3) is 0.500. The molecular weight excluding hydrogens is 278 g/mol. The highest BCUT2D eigenvalue weighted by Crippen LogP contribution is 1.97. The molecule has 3 amide bonds. The lowest BCUT2D eigenvalue weighted by molar-refractivity contribution is -0.139. The van der Waals surface area contributed by atoms with E-state index in [1.165, 1.54) is 0 Å². The van der Waals surface area contributed by atoms with Crippen molar-refractivity contribution in [3.8, 4) is 0 Å². The van der Waals surface area contributed by atoms with Gasteiger partial charge in [-0.25, -0.2) is 9.59 Å². The van der Waals surface area contributed by atoms with E-state index in [4.69, 9.17) is 10.8 Å². The zero-order valence-corrected chi connectivity index (χ0v) is 11.7. The van der Waals surface area contributed by atoms with Crippen LogP contribution in [0.4, 0.5) is 4.79 Å². The van der Waals surface area contributed by atoms with Gasteiger partial charge in [0, 0.05) is 19.2 Å². The van der Waals surface area contributed by atoms with Crippen LogP contribution < -0.4 is 16.4 Å². The van der Waals surface area contributed by atoms with Crippen molar-refractivity contribution < 1.29 is 19.5 Å². The number of nitrogens with two attached hydrogens (primary N) is 1. The smallest absolute Gasteiger partial charge is 0.326 e. The maximum Gasteiger partial charge on any atom is 0.326 e. The number of nitrogens with one attached hydrogen (secondary N) is 2. The molecule has 0 fully saturated rings. The number of aliphatic carboxylic acids is 1. The van der Waals surface area contributed by atoms with Crippen LogP contribution in [0.3, 0.4) is 0 Å². The van der Waals surface area contributed by atoms with Gasteiger partial charge in [-0.2, -0.15) is 5.10 Å². The van der Waals surface area contributed by atoms with Crippen LogP contribution in [-0.4, -0.2) is 45.4 Å². The normalized spacial score (nSPS) is 11.7. The second-order valence-corrected chi connectivity index (χ2v) is 4.58. The number of hydrogen-bond donors (Lipinski definition) is 4. The topological polar surface area (TPSA) is 139 Å². The first-order chi connectivity index (χ1) is 9.88. The van der Waals surface area contributed by atoms with Gasteiger partial charge < -0.3 is 21.5 Å². The summed E-state index contributed by atoms with van der Waals surface area (Å²) < 4.78 is 1.66. The molecule has 1 aromatic rings. The number of carboxylic acid groups (broad SMARTS) is 1. The lowest BCUT2D eigenvalue weighted by Gasteiger charge is -2.14. The SMILES string of the molecule is Cc1cnn(CCNC(=O)N[C@H](CCC(N)=O)C(=O)O)c1. The van der Waals surface area contributed by atoms with Crippen LogP contribution in [0.25, 0.3) is 0 Å². The summed E-state index contributed by atoms with van der Waals surface area (Å²) in [6.07, 6.45) is 3.37. The van der Waals surface area contributed by atoms with E-state index in [-0.39, 0.29) is 12.8 Å². The second-order valence-electron chi connectivity index (χ2n) is 4.58. The molecule has 0 aliphatic heterocycles. The molecule has 116 valence electrons. The summed E-state index contributed by atoms with van der Waals surface area (Å²) in [4.78, 5) is 33.1. The summed E-state index contributed by atoms with van der Waals surface area (Å²) >= 11 is 0. The summed E-state index contributed by atoms with van der Waals surface area (Å²) in [5, 5.41) is 17.8. The lowest BCUT2D eigenvalue weighted by atomic mass is 10.1. The lowest BCUT2D eigenvalue weighted by Crippen LogP contribution is -2.47. The average molecular weight is 297 g/mol. The first-order valence-corrected chi connectivity index (χ1v) is 6.43. The van der Waals surface area contributed by atoms with E-state index < -0.39 is 23.9 Å². The predicted molar refractivity (Wildman–Crippen MR) is 73.4 cm³/mol. The van der Waals surface area contributed by atoms with E-state index in [0.717, 1.165) is 5.56 Å². The van der Waals surface area contributed by atoms with Gasteiger partial charge in [0.15, 0.2) is 0 Å². The molecule has 5 N–H and O–H groups in total. The second kappa shape index (κ2) is 7.88. The average Bonchev–Trinajstić information content (AvgIpc) is 2.79. The van der Waals surface area contributed by atoms with Gasteiger partial charge >= 0.3 is 12.0 Å². The Morgan fingerprint density at radius 3 is 2.71 bits per heavy atom. The summed E-state index contributed by atoms with van der Waals surface area (Å²) in [6.45, 7) is 2.68. The third-order valence-corrected chi connectivity index (χ3v) is 2.67. The number of hydrogen-bond acceptors (Lipinski definition) is 4. The zero-order chi connectivity index (χ0) is 15.8. The van der Waals surface area contributed by atoms with E-state index >= 15 is 0 Å². The molecule has 9 heteroatoms. The molecule has 0 aliphatic carbocycles. The first-order valence-electron chi connectivity index (χ1n) is 6.43. The van der Waals surface area contributed by atoms with Crippen LogP contribution in [0, 0.1) is 6.92 Å². The van der Waals surface area contributed by atoms with Crippen molar-refractivity contribution in [2.45, 2.75) is 32.4 Å². The Bertz CT molecular complexity index is 514. The van der Waals surface area contributed by atoms with E-state index in [2.05, 4.69) is 15.7 Å². The van der Waals surface area contributed by atoms with Crippen LogP contribution >= 0.6 is 0 Å².